The van der Waals surface area contributed by atoms with E-state index in [0.29, 0.717) is 0 Å². The Morgan fingerprint density at radius 3 is 2.33 bits per heavy atom. The van der Waals surface area contributed by atoms with Crippen LogP contribution in [0.3, 0.4) is 0 Å². The van der Waals surface area contributed by atoms with Crippen LogP contribution in [-0.4, -0.2) is 38.8 Å². The number of methoxy groups -OCH3 is 1. The fourth-order valence-corrected chi connectivity index (χ4v) is 4.50. The minimum atomic E-state index is -4.48. The average molecular weight is 444 g/mol. The Bertz CT molecular complexity index is 1000. The molecule has 0 aliphatic carbocycles. The van der Waals surface area contributed by atoms with Gasteiger partial charge in [0.15, 0.2) is 0 Å². The van der Waals surface area contributed by atoms with Crippen molar-refractivity contribution in [3.8, 4) is 5.75 Å². The number of hydrogen-bond acceptors (Lipinski definition) is 4. The van der Waals surface area contributed by atoms with Crippen LogP contribution in [0.2, 0.25) is 0 Å². The van der Waals surface area contributed by atoms with Gasteiger partial charge in [-0.25, -0.2) is 8.42 Å². The number of halogens is 3. The van der Waals surface area contributed by atoms with Gasteiger partial charge in [0.2, 0.25) is 10.0 Å². The Kier molecular flexibility index (Phi) is 7.49. The normalized spacial score (nSPS) is 12.1. The number of amides is 1. The predicted molar refractivity (Wildman–Crippen MR) is 106 cm³/mol. The van der Waals surface area contributed by atoms with Crippen LogP contribution in [0.5, 0.6) is 5.75 Å². The van der Waals surface area contributed by atoms with Gasteiger partial charge in [-0.05, 0) is 35.9 Å². The maximum atomic E-state index is 12.9. The van der Waals surface area contributed by atoms with Crippen molar-refractivity contribution in [2.75, 3.05) is 20.2 Å². The van der Waals surface area contributed by atoms with Gasteiger partial charge in [-0.15, -0.1) is 0 Å². The molecule has 164 valence electrons. The van der Waals surface area contributed by atoms with E-state index in [-0.39, 0.29) is 41.4 Å². The highest BCUT2D eigenvalue weighted by atomic mass is 32.2. The van der Waals surface area contributed by atoms with Crippen molar-refractivity contribution in [2.24, 2.45) is 0 Å². The van der Waals surface area contributed by atoms with Crippen LogP contribution < -0.4 is 10.1 Å². The van der Waals surface area contributed by atoms with Crippen LogP contribution in [0.4, 0.5) is 13.2 Å². The third-order valence-electron chi connectivity index (χ3n) is 4.46. The number of rotatable bonds is 8. The largest absolute Gasteiger partial charge is 0.495 e. The van der Waals surface area contributed by atoms with Crippen molar-refractivity contribution >= 4 is 15.9 Å². The number of carbonyl (C=O) groups excluding carboxylic acids is 1. The zero-order valence-electron chi connectivity index (χ0n) is 16.8. The zero-order chi connectivity index (χ0) is 22.5. The van der Waals surface area contributed by atoms with Gasteiger partial charge in [0, 0.05) is 25.2 Å². The molecule has 0 unspecified atom stereocenters. The highest BCUT2D eigenvalue weighted by Crippen LogP contribution is 2.30. The molecule has 2 aromatic rings. The molecule has 10 heteroatoms. The van der Waals surface area contributed by atoms with E-state index >= 15 is 0 Å². The third kappa shape index (κ3) is 5.31. The summed E-state index contributed by atoms with van der Waals surface area (Å²) in [6.45, 7) is 3.73. The lowest BCUT2D eigenvalue weighted by Crippen LogP contribution is -2.31. The molecular formula is C20H23F3N2O4S. The van der Waals surface area contributed by atoms with Gasteiger partial charge >= 0.3 is 6.18 Å². The lowest BCUT2D eigenvalue weighted by atomic mass is 10.1. The van der Waals surface area contributed by atoms with Gasteiger partial charge in [0.1, 0.15) is 10.6 Å². The van der Waals surface area contributed by atoms with Gasteiger partial charge in [0.25, 0.3) is 5.91 Å². The van der Waals surface area contributed by atoms with E-state index in [1.807, 2.05) is 0 Å². The third-order valence-corrected chi connectivity index (χ3v) is 6.53. The van der Waals surface area contributed by atoms with Crippen LogP contribution in [0.15, 0.2) is 47.4 Å². The van der Waals surface area contributed by atoms with Crippen molar-refractivity contribution < 1.29 is 31.1 Å². The van der Waals surface area contributed by atoms with Gasteiger partial charge < -0.3 is 10.1 Å². The summed E-state index contributed by atoms with van der Waals surface area (Å²) < 4.78 is 70.6. The maximum absolute atomic E-state index is 12.9. The SMILES string of the molecule is CCN(CC)S(=O)(=O)c1cc(C(=O)NCc2cccc(C(F)(F)F)c2)ccc1OC. The highest BCUT2D eigenvalue weighted by Gasteiger charge is 2.30. The van der Waals surface area contributed by atoms with Crippen LogP contribution in [0.25, 0.3) is 0 Å². The molecule has 1 N–H and O–H groups in total. The quantitative estimate of drug-likeness (QED) is 0.674. The van der Waals surface area contributed by atoms with E-state index in [0.717, 1.165) is 12.1 Å². The second-order valence-corrected chi connectivity index (χ2v) is 8.24. The van der Waals surface area contributed by atoms with Gasteiger partial charge in [-0.3, -0.25) is 4.79 Å². The summed E-state index contributed by atoms with van der Waals surface area (Å²) in [5.74, 6) is -0.526. The molecule has 0 aliphatic heterocycles. The summed E-state index contributed by atoms with van der Waals surface area (Å²) in [5.41, 5.74) is -0.498. The Labute approximate surface area is 173 Å². The Hall–Kier alpha value is -2.59. The minimum absolute atomic E-state index is 0.0495. The van der Waals surface area contributed by atoms with Gasteiger partial charge in [0.05, 0.1) is 12.7 Å². The van der Waals surface area contributed by atoms with Crippen molar-refractivity contribution in [3.63, 3.8) is 0 Å². The van der Waals surface area contributed by atoms with E-state index in [4.69, 9.17) is 4.74 Å². The molecule has 6 nitrogen and oxygen atoms in total. The number of sulfonamides is 1. The minimum Gasteiger partial charge on any atom is -0.495 e. The Balaban J connectivity index is 2.27. The first-order chi connectivity index (χ1) is 14.0. The molecule has 0 atom stereocenters. The van der Waals surface area contributed by atoms with Gasteiger partial charge in [-0.1, -0.05) is 26.0 Å². The molecule has 0 bridgehead atoms. The van der Waals surface area contributed by atoms with E-state index in [9.17, 15) is 26.4 Å². The zero-order valence-corrected chi connectivity index (χ0v) is 17.6. The maximum Gasteiger partial charge on any atom is 0.416 e. The molecule has 0 aliphatic rings. The summed E-state index contributed by atoms with van der Waals surface area (Å²) >= 11 is 0. The molecule has 0 aromatic heterocycles. The number of ether oxygens (including phenoxy) is 1. The number of nitrogens with zero attached hydrogens (tertiary/aromatic N) is 1. The van der Waals surface area contributed by atoms with E-state index in [1.54, 1.807) is 13.8 Å². The lowest BCUT2D eigenvalue weighted by molar-refractivity contribution is -0.137. The number of carbonyl (C=O) groups is 1. The predicted octanol–water partition coefficient (Wildman–Crippen LogP) is 3.67. The van der Waals surface area contributed by atoms with Crippen LogP contribution in [0.1, 0.15) is 35.3 Å². The highest BCUT2D eigenvalue weighted by molar-refractivity contribution is 7.89. The molecule has 1 amide bonds. The van der Waals surface area contributed by atoms with Crippen molar-refractivity contribution in [3.05, 3.63) is 59.2 Å². The summed E-state index contributed by atoms with van der Waals surface area (Å²) in [5, 5.41) is 2.51. The Morgan fingerprint density at radius 2 is 1.77 bits per heavy atom. The first-order valence-corrected chi connectivity index (χ1v) is 10.6. The average Bonchev–Trinajstić information content (AvgIpc) is 2.71. The smallest absolute Gasteiger partial charge is 0.416 e. The number of benzene rings is 2. The molecular weight excluding hydrogens is 421 g/mol. The molecule has 2 rings (SSSR count). The van der Waals surface area contributed by atoms with E-state index < -0.39 is 27.7 Å². The molecule has 0 fully saturated rings. The van der Waals surface area contributed by atoms with Crippen LogP contribution in [-0.2, 0) is 22.7 Å². The van der Waals surface area contributed by atoms with Crippen LogP contribution in [0, 0.1) is 0 Å². The number of alkyl halides is 3. The molecule has 0 heterocycles. The van der Waals surface area contributed by atoms with Crippen molar-refractivity contribution in [1.82, 2.24) is 9.62 Å². The first kappa shape index (κ1) is 23.7. The summed E-state index contributed by atoms with van der Waals surface area (Å²) in [4.78, 5) is 12.4. The standard InChI is InChI=1S/C20H23F3N2O4S/c1-4-25(5-2)30(27,28)18-12-15(9-10-17(18)29-3)19(26)24-13-14-7-6-8-16(11-14)20(21,22)23/h6-12H,4-5,13H2,1-3H3,(H,24,26). The Morgan fingerprint density at radius 1 is 1.10 bits per heavy atom. The first-order valence-electron chi connectivity index (χ1n) is 9.17. The molecule has 0 saturated heterocycles. The molecule has 0 radical (unpaired) electrons. The monoisotopic (exact) mass is 444 g/mol. The fraction of sp³-hybridized carbons (Fsp3) is 0.350. The summed E-state index contributed by atoms with van der Waals surface area (Å²) in [6.07, 6.45) is -4.48. The second-order valence-electron chi connectivity index (χ2n) is 6.34. The fourth-order valence-electron chi connectivity index (χ4n) is 2.86. The van der Waals surface area contributed by atoms with Crippen molar-refractivity contribution in [1.29, 1.82) is 0 Å². The summed E-state index contributed by atoms with van der Waals surface area (Å²) in [7, 11) is -2.56. The molecule has 0 spiro atoms. The van der Waals surface area contributed by atoms with Crippen molar-refractivity contribution in [2.45, 2.75) is 31.5 Å². The lowest BCUT2D eigenvalue weighted by Gasteiger charge is -2.20. The molecule has 30 heavy (non-hydrogen) atoms. The van der Waals surface area contributed by atoms with Crippen LogP contribution >= 0.6 is 0 Å². The number of hydrogen-bond donors (Lipinski definition) is 1. The summed E-state index contributed by atoms with van der Waals surface area (Å²) in [6, 6.07) is 8.57. The second kappa shape index (κ2) is 9.48. The van der Waals surface area contributed by atoms with E-state index in [1.165, 1.54) is 41.7 Å². The van der Waals surface area contributed by atoms with Gasteiger partial charge in [-0.2, -0.15) is 17.5 Å². The number of nitrogens with one attached hydrogen (secondary N) is 1. The van der Waals surface area contributed by atoms with E-state index in [2.05, 4.69) is 5.32 Å². The topological polar surface area (TPSA) is 75.7 Å². The molecule has 2 aromatic carbocycles. The molecule has 0 saturated carbocycles.